The van der Waals surface area contributed by atoms with Crippen LogP contribution in [0, 0.1) is 20.8 Å². The van der Waals surface area contributed by atoms with Crippen LogP contribution in [0.1, 0.15) is 22.8 Å². The topological polar surface area (TPSA) is 48.2 Å². The Hall–Kier alpha value is -1.84. The van der Waals surface area contributed by atoms with Crippen molar-refractivity contribution in [2.75, 3.05) is 0 Å². The van der Waals surface area contributed by atoms with Crippen LogP contribution in [0.5, 0.6) is 5.75 Å². The number of aromatic nitrogens is 2. The van der Waals surface area contributed by atoms with Gasteiger partial charge in [-0.3, -0.25) is 4.98 Å². The molecule has 0 spiro atoms. The van der Waals surface area contributed by atoms with Crippen LogP contribution in [-0.4, -0.2) is 10.1 Å². The Morgan fingerprint density at radius 3 is 2.38 bits per heavy atom. The summed E-state index contributed by atoms with van der Waals surface area (Å²) >= 11 is 0. The van der Waals surface area contributed by atoms with Gasteiger partial charge in [-0.25, -0.2) is 0 Å². The van der Waals surface area contributed by atoms with Crippen LogP contribution in [0.25, 0.3) is 0 Å². The molecule has 0 atom stereocenters. The van der Waals surface area contributed by atoms with Crippen LogP contribution < -0.4 is 4.74 Å². The van der Waals surface area contributed by atoms with Gasteiger partial charge < -0.3 is 9.26 Å². The van der Waals surface area contributed by atoms with Gasteiger partial charge in [0.25, 0.3) is 0 Å². The van der Waals surface area contributed by atoms with Crippen molar-refractivity contribution in [2.45, 2.75) is 27.4 Å². The van der Waals surface area contributed by atoms with Crippen LogP contribution >= 0.6 is 0 Å². The first-order chi connectivity index (χ1) is 7.63. The van der Waals surface area contributed by atoms with Crippen molar-refractivity contribution < 1.29 is 9.26 Å². The third-order valence-corrected chi connectivity index (χ3v) is 2.12. The van der Waals surface area contributed by atoms with Gasteiger partial charge in [-0.1, -0.05) is 5.16 Å². The number of nitrogens with zero attached hydrogens (tertiary/aromatic N) is 2. The van der Waals surface area contributed by atoms with E-state index in [9.17, 15) is 0 Å². The molecular weight excluding hydrogens is 204 g/mol. The van der Waals surface area contributed by atoms with Gasteiger partial charge >= 0.3 is 0 Å². The summed E-state index contributed by atoms with van der Waals surface area (Å²) in [4.78, 5) is 4.28. The maximum Gasteiger partial charge on any atom is 0.134 e. The van der Waals surface area contributed by atoms with E-state index in [-0.39, 0.29) is 0 Å². The van der Waals surface area contributed by atoms with Crippen molar-refractivity contribution in [2.24, 2.45) is 0 Å². The second-order valence-electron chi connectivity index (χ2n) is 3.80. The van der Waals surface area contributed by atoms with Gasteiger partial charge in [0, 0.05) is 29.6 Å². The van der Waals surface area contributed by atoms with E-state index in [0.29, 0.717) is 6.61 Å². The molecule has 4 heteroatoms. The molecule has 0 saturated heterocycles. The minimum Gasteiger partial charge on any atom is -0.487 e. The quantitative estimate of drug-likeness (QED) is 0.794. The Labute approximate surface area is 94.2 Å². The van der Waals surface area contributed by atoms with E-state index in [1.165, 1.54) is 0 Å². The Kier molecular flexibility index (Phi) is 2.90. The molecule has 0 amide bonds. The monoisotopic (exact) mass is 218 g/mol. The molecule has 2 aromatic rings. The van der Waals surface area contributed by atoms with E-state index in [2.05, 4.69) is 10.1 Å². The average molecular weight is 218 g/mol. The highest BCUT2D eigenvalue weighted by Gasteiger charge is 2.02. The highest BCUT2D eigenvalue weighted by atomic mass is 16.5. The lowest BCUT2D eigenvalue weighted by Crippen LogP contribution is -1.97. The maximum atomic E-state index is 5.60. The number of hydrogen-bond acceptors (Lipinski definition) is 4. The minimum atomic E-state index is 0.417. The van der Waals surface area contributed by atoms with Gasteiger partial charge in [0.15, 0.2) is 0 Å². The molecule has 16 heavy (non-hydrogen) atoms. The number of hydrogen-bond donors (Lipinski definition) is 0. The largest absolute Gasteiger partial charge is 0.487 e. The lowest BCUT2D eigenvalue weighted by Gasteiger charge is -2.05. The molecule has 0 aliphatic rings. The SMILES string of the molecule is Cc1cc(OCc2cc(C)on2)cc(C)n1. The normalized spacial score (nSPS) is 10.4. The van der Waals surface area contributed by atoms with Crippen LogP contribution in [0.3, 0.4) is 0 Å². The molecule has 0 bridgehead atoms. The standard InChI is InChI=1S/C12H14N2O2/c1-8-4-12(5-9(2)13-8)15-7-11-6-10(3)16-14-11/h4-6H,7H2,1-3H3. The summed E-state index contributed by atoms with van der Waals surface area (Å²) in [6, 6.07) is 5.67. The lowest BCUT2D eigenvalue weighted by molar-refractivity contribution is 0.287. The van der Waals surface area contributed by atoms with Crippen LogP contribution in [-0.2, 0) is 6.61 Å². The first kappa shape index (κ1) is 10.7. The zero-order valence-electron chi connectivity index (χ0n) is 9.65. The molecule has 0 N–H and O–H groups in total. The van der Waals surface area contributed by atoms with E-state index in [4.69, 9.17) is 9.26 Å². The third-order valence-electron chi connectivity index (χ3n) is 2.12. The second kappa shape index (κ2) is 4.35. The summed E-state index contributed by atoms with van der Waals surface area (Å²) in [5.74, 6) is 1.60. The van der Waals surface area contributed by atoms with Crippen molar-refractivity contribution in [1.82, 2.24) is 10.1 Å². The predicted octanol–water partition coefficient (Wildman–Crippen LogP) is 2.57. The Bertz CT molecular complexity index is 471. The van der Waals surface area contributed by atoms with Gasteiger partial charge in [-0.2, -0.15) is 0 Å². The summed E-state index contributed by atoms with van der Waals surface area (Å²) in [5, 5.41) is 3.86. The van der Waals surface area contributed by atoms with E-state index >= 15 is 0 Å². The van der Waals surface area contributed by atoms with Crippen LogP contribution in [0.4, 0.5) is 0 Å². The number of ether oxygens (including phenoxy) is 1. The van der Waals surface area contributed by atoms with E-state index in [1.807, 2.05) is 39.0 Å². The molecule has 2 aromatic heterocycles. The molecule has 0 radical (unpaired) electrons. The summed E-state index contributed by atoms with van der Waals surface area (Å²) in [5.41, 5.74) is 2.70. The molecule has 84 valence electrons. The predicted molar refractivity (Wildman–Crippen MR) is 59.3 cm³/mol. The third kappa shape index (κ3) is 2.59. The smallest absolute Gasteiger partial charge is 0.134 e. The molecule has 0 saturated carbocycles. The number of aryl methyl sites for hydroxylation is 3. The fourth-order valence-electron chi connectivity index (χ4n) is 1.52. The Morgan fingerprint density at radius 2 is 1.81 bits per heavy atom. The fourth-order valence-corrected chi connectivity index (χ4v) is 1.52. The summed E-state index contributed by atoms with van der Waals surface area (Å²) in [6.45, 7) is 6.16. The van der Waals surface area contributed by atoms with Crippen molar-refractivity contribution in [3.8, 4) is 5.75 Å². The second-order valence-corrected chi connectivity index (χ2v) is 3.80. The molecular formula is C12H14N2O2. The van der Waals surface area contributed by atoms with Crippen molar-refractivity contribution in [3.63, 3.8) is 0 Å². The van der Waals surface area contributed by atoms with E-state index < -0.39 is 0 Å². The molecule has 0 aliphatic carbocycles. The van der Waals surface area contributed by atoms with E-state index in [0.717, 1.165) is 28.6 Å². The van der Waals surface area contributed by atoms with E-state index in [1.54, 1.807) is 0 Å². The number of pyridine rings is 1. The molecule has 4 nitrogen and oxygen atoms in total. The highest BCUT2D eigenvalue weighted by molar-refractivity contribution is 5.26. The van der Waals surface area contributed by atoms with Crippen molar-refractivity contribution >= 4 is 0 Å². The lowest BCUT2D eigenvalue weighted by atomic mass is 10.3. The zero-order chi connectivity index (χ0) is 11.5. The van der Waals surface area contributed by atoms with Gasteiger partial charge in [0.1, 0.15) is 23.8 Å². The zero-order valence-corrected chi connectivity index (χ0v) is 9.65. The molecule has 2 heterocycles. The maximum absolute atomic E-state index is 5.60. The average Bonchev–Trinajstić information content (AvgIpc) is 2.60. The highest BCUT2D eigenvalue weighted by Crippen LogP contribution is 2.15. The molecule has 0 fully saturated rings. The number of rotatable bonds is 3. The molecule has 0 aliphatic heterocycles. The van der Waals surface area contributed by atoms with Gasteiger partial charge in [0.05, 0.1) is 0 Å². The minimum absolute atomic E-state index is 0.417. The summed E-state index contributed by atoms with van der Waals surface area (Å²) in [6.07, 6.45) is 0. The summed E-state index contributed by atoms with van der Waals surface area (Å²) in [7, 11) is 0. The summed E-state index contributed by atoms with van der Waals surface area (Å²) < 4.78 is 10.6. The first-order valence-corrected chi connectivity index (χ1v) is 5.14. The van der Waals surface area contributed by atoms with Gasteiger partial charge in [0.2, 0.25) is 0 Å². The van der Waals surface area contributed by atoms with Crippen molar-refractivity contribution in [1.29, 1.82) is 0 Å². The molecule has 2 rings (SSSR count). The van der Waals surface area contributed by atoms with Crippen LogP contribution in [0.15, 0.2) is 22.7 Å². The first-order valence-electron chi connectivity index (χ1n) is 5.14. The van der Waals surface area contributed by atoms with Gasteiger partial charge in [-0.15, -0.1) is 0 Å². The Morgan fingerprint density at radius 1 is 1.12 bits per heavy atom. The van der Waals surface area contributed by atoms with Crippen molar-refractivity contribution in [3.05, 3.63) is 41.0 Å². The fraction of sp³-hybridized carbons (Fsp3) is 0.333. The molecule has 0 aromatic carbocycles. The van der Waals surface area contributed by atoms with Gasteiger partial charge in [-0.05, 0) is 20.8 Å². The molecule has 0 unspecified atom stereocenters. The Balaban J connectivity index is 2.04. The van der Waals surface area contributed by atoms with Crippen LogP contribution in [0.2, 0.25) is 0 Å².